The molecule has 0 spiro atoms. The van der Waals surface area contributed by atoms with Crippen molar-refractivity contribution < 1.29 is 0 Å². The summed E-state index contributed by atoms with van der Waals surface area (Å²) in [4.78, 5) is 17.9. The molecular formula is C20H12Cl2N2O. The van der Waals surface area contributed by atoms with Crippen LogP contribution in [0.25, 0.3) is 28.0 Å². The van der Waals surface area contributed by atoms with Gasteiger partial charge in [0.25, 0.3) is 5.56 Å². The molecule has 0 unspecified atom stereocenters. The summed E-state index contributed by atoms with van der Waals surface area (Å²) < 4.78 is 1.57. The molecule has 0 saturated heterocycles. The molecule has 0 aliphatic carbocycles. The minimum absolute atomic E-state index is 0.186. The molecule has 0 aliphatic rings. The zero-order valence-electron chi connectivity index (χ0n) is 13.0. The molecule has 0 amide bonds. The molecule has 25 heavy (non-hydrogen) atoms. The Labute approximate surface area is 154 Å². The number of hydrogen-bond acceptors (Lipinski definition) is 2. The third-order valence-electron chi connectivity index (χ3n) is 3.93. The molecule has 122 valence electrons. The second-order valence-corrected chi connectivity index (χ2v) is 6.46. The standard InChI is InChI=1S/C20H12Cl2N2O/c21-14-7-4-8-16(11-14)24-19(13-5-2-1-3-6-13)23-18-10-9-15(22)12-17(18)20(24)25/h1-12H. The molecule has 4 aromatic rings. The summed E-state index contributed by atoms with van der Waals surface area (Å²) in [5.74, 6) is 0.558. The molecule has 0 aliphatic heterocycles. The molecule has 3 nitrogen and oxygen atoms in total. The zero-order valence-corrected chi connectivity index (χ0v) is 14.5. The van der Waals surface area contributed by atoms with E-state index in [1.165, 1.54) is 0 Å². The molecule has 0 bridgehead atoms. The Morgan fingerprint density at radius 1 is 0.800 bits per heavy atom. The minimum atomic E-state index is -0.186. The maximum Gasteiger partial charge on any atom is 0.266 e. The molecule has 4 rings (SSSR count). The lowest BCUT2D eigenvalue weighted by molar-refractivity contribution is 0.976. The first-order valence-corrected chi connectivity index (χ1v) is 8.43. The van der Waals surface area contributed by atoms with Gasteiger partial charge in [0.05, 0.1) is 16.6 Å². The van der Waals surface area contributed by atoms with Crippen LogP contribution in [0, 0.1) is 0 Å². The van der Waals surface area contributed by atoms with E-state index >= 15 is 0 Å². The number of nitrogens with zero attached hydrogens (tertiary/aromatic N) is 2. The quantitative estimate of drug-likeness (QED) is 0.478. The summed E-state index contributed by atoms with van der Waals surface area (Å²) in [6.07, 6.45) is 0. The first kappa shape index (κ1) is 15.9. The van der Waals surface area contributed by atoms with Crippen molar-refractivity contribution in [3.63, 3.8) is 0 Å². The summed E-state index contributed by atoms with van der Waals surface area (Å²) in [7, 11) is 0. The first-order chi connectivity index (χ1) is 12.1. The molecule has 0 atom stereocenters. The highest BCUT2D eigenvalue weighted by molar-refractivity contribution is 6.31. The van der Waals surface area contributed by atoms with E-state index in [0.717, 1.165) is 5.56 Å². The third kappa shape index (κ3) is 2.93. The Hall–Kier alpha value is -2.62. The summed E-state index contributed by atoms with van der Waals surface area (Å²) in [5.41, 5.74) is 1.92. The fourth-order valence-electron chi connectivity index (χ4n) is 2.79. The van der Waals surface area contributed by atoms with E-state index < -0.39 is 0 Å². The highest BCUT2D eigenvalue weighted by Gasteiger charge is 2.15. The van der Waals surface area contributed by atoms with Gasteiger partial charge in [-0.1, -0.05) is 59.6 Å². The van der Waals surface area contributed by atoms with E-state index in [4.69, 9.17) is 28.2 Å². The number of halogens is 2. The van der Waals surface area contributed by atoms with Crippen LogP contribution in [0.4, 0.5) is 0 Å². The second-order valence-electron chi connectivity index (χ2n) is 5.58. The molecule has 1 heterocycles. The predicted octanol–water partition coefficient (Wildman–Crippen LogP) is 5.36. The topological polar surface area (TPSA) is 34.9 Å². The smallest absolute Gasteiger partial charge is 0.266 e. The van der Waals surface area contributed by atoms with E-state index in [1.54, 1.807) is 41.0 Å². The molecule has 0 fully saturated rings. The first-order valence-electron chi connectivity index (χ1n) is 7.67. The van der Waals surface area contributed by atoms with Crippen LogP contribution in [0.5, 0.6) is 0 Å². The van der Waals surface area contributed by atoms with E-state index in [9.17, 15) is 4.79 Å². The Kier molecular flexibility index (Phi) is 4.04. The van der Waals surface area contributed by atoms with Gasteiger partial charge in [-0.25, -0.2) is 4.98 Å². The molecule has 3 aromatic carbocycles. The van der Waals surface area contributed by atoms with Gasteiger partial charge in [-0.3, -0.25) is 9.36 Å². The lowest BCUT2D eigenvalue weighted by Crippen LogP contribution is -2.22. The number of rotatable bonds is 2. The average molecular weight is 367 g/mol. The minimum Gasteiger partial charge on any atom is -0.268 e. The Bertz CT molecular complexity index is 1140. The van der Waals surface area contributed by atoms with Crippen molar-refractivity contribution >= 4 is 34.1 Å². The maximum atomic E-state index is 13.2. The van der Waals surface area contributed by atoms with Gasteiger partial charge in [0.1, 0.15) is 5.82 Å². The lowest BCUT2D eigenvalue weighted by Gasteiger charge is -2.14. The van der Waals surface area contributed by atoms with Crippen LogP contribution < -0.4 is 5.56 Å². The second kappa shape index (κ2) is 6.36. The van der Waals surface area contributed by atoms with Crippen molar-refractivity contribution in [3.05, 3.63) is 93.2 Å². The molecule has 0 N–H and O–H groups in total. The van der Waals surface area contributed by atoms with Gasteiger partial charge in [0, 0.05) is 15.6 Å². The Balaban J connectivity index is 2.14. The highest BCUT2D eigenvalue weighted by atomic mass is 35.5. The summed E-state index contributed by atoms with van der Waals surface area (Å²) in [5, 5.41) is 1.51. The van der Waals surface area contributed by atoms with Gasteiger partial charge in [-0.15, -0.1) is 0 Å². The third-order valence-corrected chi connectivity index (χ3v) is 4.40. The molecular weight excluding hydrogens is 355 g/mol. The van der Waals surface area contributed by atoms with Gasteiger partial charge in [0.15, 0.2) is 0 Å². The number of benzene rings is 3. The fourth-order valence-corrected chi connectivity index (χ4v) is 3.15. The Morgan fingerprint density at radius 3 is 2.32 bits per heavy atom. The molecule has 0 radical (unpaired) electrons. The monoisotopic (exact) mass is 366 g/mol. The van der Waals surface area contributed by atoms with Crippen LogP contribution in [0.3, 0.4) is 0 Å². The predicted molar refractivity (Wildman–Crippen MR) is 103 cm³/mol. The van der Waals surface area contributed by atoms with Gasteiger partial charge in [-0.2, -0.15) is 0 Å². The van der Waals surface area contributed by atoms with Gasteiger partial charge >= 0.3 is 0 Å². The van der Waals surface area contributed by atoms with Crippen molar-refractivity contribution in [3.8, 4) is 17.1 Å². The zero-order chi connectivity index (χ0) is 17.4. The Morgan fingerprint density at radius 2 is 1.56 bits per heavy atom. The lowest BCUT2D eigenvalue weighted by atomic mass is 10.1. The number of aromatic nitrogens is 2. The van der Waals surface area contributed by atoms with E-state index in [0.29, 0.717) is 32.5 Å². The number of fused-ring (bicyclic) bond motifs is 1. The van der Waals surface area contributed by atoms with Crippen molar-refractivity contribution in [1.29, 1.82) is 0 Å². The van der Waals surface area contributed by atoms with E-state index in [2.05, 4.69) is 0 Å². The summed E-state index contributed by atoms with van der Waals surface area (Å²) >= 11 is 12.2. The van der Waals surface area contributed by atoms with Crippen LogP contribution in [0.1, 0.15) is 0 Å². The van der Waals surface area contributed by atoms with Gasteiger partial charge in [0.2, 0.25) is 0 Å². The highest BCUT2D eigenvalue weighted by Crippen LogP contribution is 2.24. The molecule has 5 heteroatoms. The van der Waals surface area contributed by atoms with E-state index in [1.807, 2.05) is 36.4 Å². The average Bonchev–Trinajstić information content (AvgIpc) is 2.63. The van der Waals surface area contributed by atoms with Crippen LogP contribution in [0.15, 0.2) is 77.6 Å². The van der Waals surface area contributed by atoms with Crippen molar-refractivity contribution in [2.45, 2.75) is 0 Å². The largest absolute Gasteiger partial charge is 0.268 e. The van der Waals surface area contributed by atoms with Crippen LogP contribution in [-0.4, -0.2) is 9.55 Å². The molecule has 0 saturated carbocycles. The number of hydrogen-bond donors (Lipinski definition) is 0. The molecule has 1 aromatic heterocycles. The SMILES string of the molecule is O=c1c2cc(Cl)ccc2nc(-c2ccccc2)n1-c1cccc(Cl)c1. The fraction of sp³-hybridized carbons (Fsp3) is 0. The van der Waals surface area contributed by atoms with Crippen LogP contribution in [-0.2, 0) is 0 Å². The van der Waals surface area contributed by atoms with Gasteiger partial charge in [-0.05, 0) is 36.4 Å². The summed E-state index contributed by atoms with van der Waals surface area (Å²) in [6.45, 7) is 0. The van der Waals surface area contributed by atoms with Crippen molar-refractivity contribution in [1.82, 2.24) is 9.55 Å². The normalized spacial score (nSPS) is 11.0. The van der Waals surface area contributed by atoms with Crippen LogP contribution in [0.2, 0.25) is 10.0 Å². The van der Waals surface area contributed by atoms with E-state index in [-0.39, 0.29) is 5.56 Å². The van der Waals surface area contributed by atoms with Crippen LogP contribution >= 0.6 is 23.2 Å². The van der Waals surface area contributed by atoms with Gasteiger partial charge < -0.3 is 0 Å². The van der Waals surface area contributed by atoms with Crippen molar-refractivity contribution in [2.24, 2.45) is 0 Å². The maximum absolute atomic E-state index is 13.2. The summed E-state index contributed by atoms with van der Waals surface area (Å²) in [6, 6.07) is 21.9. The van der Waals surface area contributed by atoms with Crippen molar-refractivity contribution in [2.75, 3.05) is 0 Å².